The average Bonchev–Trinajstić information content (AvgIpc) is 1.84. The summed E-state index contributed by atoms with van der Waals surface area (Å²) in [5.41, 5.74) is 0. The van der Waals surface area contributed by atoms with Crippen LogP contribution in [0.2, 0.25) is 0 Å². The summed E-state index contributed by atoms with van der Waals surface area (Å²) < 4.78 is 15.4. The van der Waals surface area contributed by atoms with Gasteiger partial charge in [-0.25, -0.2) is 0 Å². The van der Waals surface area contributed by atoms with Gasteiger partial charge in [0.1, 0.15) is 0 Å². The predicted molar refractivity (Wildman–Crippen MR) is 40.2 cm³/mol. The summed E-state index contributed by atoms with van der Waals surface area (Å²) in [4.78, 5) is 0. The molecule has 0 N–H and O–H groups in total. The molecule has 9 heavy (non-hydrogen) atoms. The van der Waals surface area contributed by atoms with Crippen LogP contribution in [0, 0.1) is 0 Å². The second kappa shape index (κ2) is 4.32. The van der Waals surface area contributed by atoms with Crippen LogP contribution in [0.25, 0.3) is 0 Å². The van der Waals surface area contributed by atoms with Crippen LogP contribution >= 0.6 is 18.0 Å². The number of rotatable bonds is 4. The minimum Gasteiger partial charge on any atom is -0.321 e. The van der Waals surface area contributed by atoms with E-state index in [1.807, 2.05) is 6.92 Å². The lowest BCUT2D eigenvalue weighted by Gasteiger charge is -2.04. The zero-order valence-electron chi connectivity index (χ0n) is 5.76. The standard InChI is InChI=1S/C5H12ClO2P/c1-3-4-5-9(6,7)8-2/h3-5H2,1-2H3/t9-/m0/s1. The van der Waals surface area contributed by atoms with E-state index in [4.69, 9.17) is 11.2 Å². The van der Waals surface area contributed by atoms with E-state index in [1.165, 1.54) is 7.11 Å². The monoisotopic (exact) mass is 170 g/mol. The fourth-order valence-corrected chi connectivity index (χ4v) is 1.67. The molecule has 0 bridgehead atoms. The quantitative estimate of drug-likeness (QED) is 0.607. The first-order valence-corrected chi connectivity index (χ1v) is 5.68. The van der Waals surface area contributed by atoms with E-state index < -0.39 is 6.72 Å². The molecule has 0 fully saturated rings. The van der Waals surface area contributed by atoms with Crippen LogP contribution in [0.3, 0.4) is 0 Å². The molecular formula is C5H12ClO2P. The van der Waals surface area contributed by atoms with Gasteiger partial charge in [-0.1, -0.05) is 13.3 Å². The Bertz CT molecular complexity index is 116. The first kappa shape index (κ1) is 9.48. The Labute approximate surface area is 60.8 Å². The Morgan fingerprint density at radius 1 is 1.67 bits per heavy atom. The SMILES string of the molecule is CCCC[P@@](=O)(Cl)OC. The van der Waals surface area contributed by atoms with Crippen LogP contribution in [0.4, 0.5) is 0 Å². The van der Waals surface area contributed by atoms with Crippen LogP contribution in [-0.2, 0) is 9.09 Å². The molecule has 0 rings (SSSR count). The van der Waals surface area contributed by atoms with Crippen molar-refractivity contribution < 1.29 is 9.09 Å². The van der Waals surface area contributed by atoms with Crippen molar-refractivity contribution in [1.82, 2.24) is 0 Å². The zero-order valence-corrected chi connectivity index (χ0v) is 7.41. The second-order valence-electron chi connectivity index (χ2n) is 1.85. The third kappa shape index (κ3) is 4.95. The Morgan fingerprint density at radius 3 is 2.56 bits per heavy atom. The summed E-state index contributed by atoms with van der Waals surface area (Å²) >= 11 is 5.43. The molecule has 0 spiro atoms. The van der Waals surface area contributed by atoms with E-state index in [2.05, 4.69) is 4.52 Å². The van der Waals surface area contributed by atoms with Crippen molar-refractivity contribution in [1.29, 1.82) is 0 Å². The Balaban J connectivity index is 3.46. The summed E-state index contributed by atoms with van der Waals surface area (Å²) in [5.74, 6) is 0. The van der Waals surface area contributed by atoms with Crippen LogP contribution in [-0.4, -0.2) is 13.3 Å². The highest BCUT2D eigenvalue weighted by atomic mass is 35.7. The first-order chi connectivity index (χ1) is 4.12. The molecular weight excluding hydrogens is 158 g/mol. The third-order valence-corrected chi connectivity index (χ3v) is 3.37. The van der Waals surface area contributed by atoms with Gasteiger partial charge in [0.05, 0.1) is 0 Å². The minimum absolute atomic E-state index is 0.488. The zero-order chi connectivity index (χ0) is 7.33. The Kier molecular flexibility index (Phi) is 4.55. The van der Waals surface area contributed by atoms with Gasteiger partial charge in [0, 0.05) is 13.3 Å². The maximum Gasteiger partial charge on any atom is 0.289 e. The molecule has 0 saturated heterocycles. The molecule has 0 heterocycles. The third-order valence-electron chi connectivity index (χ3n) is 1.05. The Hall–Kier alpha value is 0.480. The van der Waals surface area contributed by atoms with E-state index in [0.29, 0.717) is 6.16 Å². The van der Waals surface area contributed by atoms with Crippen molar-refractivity contribution in [3.63, 3.8) is 0 Å². The van der Waals surface area contributed by atoms with Gasteiger partial charge >= 0.3 is 0 Å². The molecule has 0 unspecified atom stereocenters. The number of unbranched alkanes of at least 4 members (excludes halogenated alkanes) is 1. The fourth-order valence-electron chi connectivity index (χ4n) is 0.438. The van der Waals surface area contributed by atoms with Crippen LogP contribution in [0.5, 0.6) is 0 Å². The highest BCUT2D eigenvalue weighted by molar-refractivity contribution is 7.85. The molecule has 0 aromatic rings. The van der Waals surface area contributed by atoms with Gasteiger partial charge in [-0.05, 0) is 17.7 Å². The lowest BCUT2D eigenvalue weighted by Crippen LogP contribution is -1.84. The largest absolute Gasteiger partial charge is 0.321 e. The van der Waals surface area contributed by atoms with Gasteiger partial charge in [-0.3, -0.25) is 4.57 Å². The van der Waals surface area contributed by atoms with Crippen molar-refractivity contribution in [2.45, 2.75) is 19.8 Å². The normalized spacial score (nSPS) is 17.2. The van der Waals surface area contributed by atoms with E-state index in [-0.39, 0.29) is 0 Å². The van der Waals surface area contributed by atoms with E-state index in [0.717, 1.165) is 12.8 Å². The summed E-state index contributed by atoms with van der Waals surface area (Å²) in [5, 5.41) is 0. The van der Waals surface area contributed by atoms with Gasteiger partial charge < -0.3 is 4.52 Å². The van der Waals surface area contributed by atoms with Crippen molar-refractivity contribution in [3.05, 3.63) is 0 Å². The van der Waals surface area contributed by atoms with Gasteiger partial charge in [-0.2, -0.15) is 0 Å². The highest BCUT2D eigenvalue weighted by Gasteiger charge is 2.14. The predicted octanol–water partition coefficient (Wildman–Crippen LogP) is 2.86. The molecule has 0 aliphatic rings. The molecule has 0 aromatic heterocycles. The number of halogens is 1. The van der Waals surface area contributed by atoms with Crippen molar-refractivity contribution >= 4 is 18.0 Å². The average molecular weight is 171 g/mol. The van der Waals surface area contributed by atoms with Crippen LogP contribution in [0.1, 0.15) is 19.8 Å². The molecule has 56 valence electrons. The smallest absolute Gasteiger partial charge is 0.289 e. The van der Waals surface area contributed by atoms with Gasteiger partial charge in [0.15, 0.2) is 0 Å². The lowest BCUT2D eigenvalue weighted by molar-refractivity contribution is 0.407. The van der Waals surface area contributed by atoms with Gasteiger partial charge in [-0.15, -0.1) is 0 Å². The maximum absolute atomic E-state index is 10.9. The topological polar surface area (TPSA) is 26.3 Å². The van der Waals surface area contributed by atoms with Crippen LogP contribution < -0.4 is 0 Å². The van der Waals surface area contributed by atoms with Crippen molar-refractivity contribution in [2.75, 3.05) is 13.3 Å². The molecule has 2 nitrogen and oxygen atoms in total. The fraction of sp³-hybridized carbons (Fsp3) is 1.00. The molecule has 0 aliphatic heterocycles. The second-order valence-corrected chi connectivity index (χ2v) is 5.39. The Morgan fingerprint density at radius 2 is 2.22 bits per heavy atom. The van der Waals surface area contributed by atoms with E-state index in [9.17, 15) is 4.57 Å². The summed E-state index contributed by atoms with van der Waals surface area (Å²) in [6.45, 7) is -0.697. The molecule has 0 aromatic carbocycles. The summed E-state index contributed by atoms with van der Waals surface area (Å²) in [6, 6.07) is 0. The van der Waals surface area contributed by atoms with E-state index in [1.54, 1.807) is 0 Å². The number of hydrogen-bond acceptors (Lipinski definition) is 2. The lowest BCUT2D eigenvalue weighted by atomic mass is 10.4. The molecule has 0 saturated carbocycles. The molecule has 1 atom stereocenters. The molecule has 0 aliphatic carbocycles. The molecule has 0 radical (unpaired) electrons. The van der Waals surface area contributed by atoms with Gasteiger partial charge in [0.25, 0.3) is 6.72 Å². The minimum atomic E-state index is -2.72. The first-order valence-electron chi connectivity index (χ1n) is 2.97. The molecule has 0 amide bonds. The van der Waals surface area contributed by atoms with Crippen molar-refractivity contribution in [3.8, 4) is 0 Å². The maximum atomic E-state index is 10.9. The van der Waals surface area contributed by atoms with Gasteiger partial charge in [0.2, 0.25) is 0 Å². The summed E-state index contributed by atoms with van der Waals surface area (Å²) in [6.07, 6.45) is 2.36. The van der Waals surface area contributed by atoms with E-state index >= 15 is 0 Å². The van der Waals surface area contributed by atoms with Crippen molar-refractivity contribution in [2.24, 2.45) is 0 Å². The highest BCUT2D eigenvalue weighted by Crippen LogP contribution is 2.51. The number of hydrogen-bond donors (Lipinski definition) is 0. The van der Waals surface area contributed by atoms with Crippen LogP contribution in [0.15, 0.2) is 0 Å². The molecule has 4 heteroatoms. The summed E-state index contributed by atoms with van der Waals surface area (Å²) in [7, 11) is 1.38.